The molecule has 4 rings (SSSR count). The molecule has 9 nitrogen and oxygen atoms in total. The van der Waals surface area contributed by atoms with Crippen LogP contribution in [-0.4, -0.2) is 48.6 Å². The molecule has 0 spiro atoms. The number of hydrogen-bond acceptors (Lipinski definition) is 9. The number of thiazole rings is 1. The van der Waals surface area contributed by atoms with Crippen molar-refractivity contribution < 1.29 is 33.7 Å². The fourth-order valence-corrected chi connectivity index (χ4v) is 5.02. The molecule has 1 amide bonds. The van der Waals surface area contributed by atoms with Crippen molar-refractivity contribution in [3.8, 4) is 11.5 Å². The number of anilines is 1. The topological polar surface area (TPSA) is 115 Å². The maximum Gasteiger partial charge on any atom is 0.350 e. The van der Waals surface area contributed by atoms with E-state index in [1.54, 1.807) is 55.5 Å². The Bertz CT molecular complexity index is 1380. The normalized spacial score (nSPS) is 16.6. The zero-order valence-electron chi connectivity index (χ0n) is 20.8. The molecule has 1 saturated heterocycles. The molecule has 2 aromatic carbocycles. The Hall–Kier alpha value is -4.18. The number of carbonyl (C=O) groups excluding carboxylic acids is 3. The lowest BCUT2D eigenvalue weighted by molar-refractivity contribution is -0.132. The number of esters is 1. The third-order valence-electron chi connectivity index (χ3n) is 5.82. The van der Waals surface area contributed by atoms with E-state index in [0.29, 0.717) is 34.9 Å². The molecular formula is C27H26N2O7S. The van der Waals surface area contributed by atoms with E-state index in [2.05, 4.69) is 4.98 Å². The lowest BCUT2D eigenvalue weighted by Crippen LogP contribution is -2.29. The number of ketones is 1. The number of aryl methyl sites for hydroxylation is 1. The average Bonchev–Trinajstić information content (AvgIpc) is 3.43. The van der Waals surface area contributed by atoms with Crippen LogP contribution in [0.3, 0.4) is 0 Å². The minimum absolute atomic E-state index is 0.102. The first-order valence-corrected chi connectivity index (χ1v) is 12.4. The van der Waals surface area contributed by atoms with Gasteiger partial charge in [0.1, 0.15) is 22.1 Å². The molecule has 10 heteroatoms. The zero-order chi connectivity index (χ0) is 26.7. The monoisotopic (exact) mass is 522 g/mol. The first-order valence-electron chi connectivity index (χ1n) is 11.5. The molecule has 3 aromatic rings. The number of aromatic nitrogens is 1. The molecule has 192 valence electrons. The van der Waals surface area contributed by atoms with Crippen molar-refractivity contribution in [2.75, 3.05) is 25.7 Å². The molecule has 0 radical (unpaired) electrons. The van der Waals surface area contributed by atoms with E-state index in [9.17, 15) is 19.5 Å². The fraction of sp³-hybridized carbons (Fsp3) is 0.259. The van der Waals surface area contributed by atoms with Crippen molar-refractivity contribution >= 4 is 39.9 Å². The molecule has 0 saturated carbocycles. The molecule has 1 aliphatic rings. The molecule has 1 aliphatic heterocycles. The number of rotatable bonds is 8. The Morgan fingerprint density at radius 2 is 1.84 bits per heavy atom. The zero-order valence-corrected chi connectivity index (χ0v) is 21.6. The van der Waals surface area contributed by atoms with Crippen molar-refractivity contribution in [2.45, 2.75) is 26.3 Å². The second-order valence-corrected chi connectivity index (χ2v) is 9.20. The fourth-order valence-electron chi connectivity index (χ4n) is 4.01. The largest absolute Gasteiger partial charge is 0.507 e. The molecule has 1 N–H and O–H groups in total. The van der Waals surface area contributed by atoms with Gasteiger partial charge in [-0.1, -0.05) is 42.5 Å². The van der Waals surface area contributed by atoms with Crippen molar-refractivity contribution in [1.29, 1.82) is 0 Å². The SMILES string of the molecule is CCCOc1cccc(C(O)=C2C(=O)C(=O)N(c3nc(C)c(C(=O)OC)s3)C2c2ccc(OC)cc2)c1. The number of aliphatic hydroxyl groups is 1. The van der Waals surface area contributed by atoms with E-state index in [-0.39, 0.29) is 21.3 Å². The number of amides is 1. The summed E-state index contributed by atoms with van der Waals surface area (Å²) in [5.74, 6) is -1.57. The smallest absolute Gasteiger partial charge is 0.350 e. The van der Waals surface area contributed by atoms with Crippen molar-refractivity contribution in [3.63, 3.8) is 0 Å². The van der Waals surface area contributed by atoms with Crippen LogP contribution >= 0.6 is 11.3 Å². The quantitative estimate of drug-likeness (QED) is 0.197. The molecule has 37 heavy (non-hydrogen) atoms. The first kappa shape index (κ1) is 25.9. The van der Waals surface area contributed by atoms with Crippen LogP contribution in [0.5, 0.6) is 11.5 Å². The molecular weight excluding hydrogens is 496 g/mol. The Balaban J connectivity index is 1.89. The maximum atomic E-state index is 13.4. The third-order valence-corrected chi connectivity index (χ3v) is 6.96. The van der Waals surface area contributed by atoms with Crippen molar-refractivity contribution in [3.05, 3.63) is 75.8 Å². The number of ether oxygens (including phenoxy) is 3. The van der Waals surface area contributed by atoms with E-state index in [4.69, 9.17) is 14.2 Å². The van der Waals surface area contributed by atoms with Crippen LogP contribution in [0, 0.1) is 6.92 Å². The van der Waals surface area contributed by atoms with E-state index in [1.807, 2.05) is 6.92 Å². The van der Waals surface area contributed by atoms with Gasteiger partial charge in [0.25, 0.3) is 5.78 Å². The van der Waals surface area contributed by atoms with Crippen molar-refractivity contribution in [2.24, 2.45) is 0 Å². The number of hydrogen-bond donors (Lipinski definition) is 1. The summed E-state index contributed by atoms with van der Waals surface area (Å²) in [5.41, 5.74) is 1.14. The summed E-state index contributed by atoms with van der Waals surface area (Å²) in [7, 11) is 2.78. The van der Waals surface area contributed by atoms with Crippen molar-refractivity contribution in [1.82, 2.24) is 4.98 Å². The highest BCUT2D eigenvalue weighted by atomic mass is 32.1. The molecule has 1 atom stereocenters. The standard InChI is InChI=1S/C27H26N2O7S/c1-5-13-36-19-8-6-7-17(14-19)22(30)20-21(16-9-11-18(34-3)12-10-16)29(25(32)23(20)31)27-28-15(2)24(37-27)26(33)35-4/h6-12,14,21,30H,5,13H2,1-4H3. The maximum absolute atomic E-state index is 13.4. The van der Waals surface area contributed by atoms with Gasteiger partial charge in [-0.3, -0.25) is 14.5 Å². The predicted octanol–water partition coefficient (Wildman–Crippen LogP) is 4.66. The van der Waals surface area contributed by atoms with Gasteiger partial charge in [-0.2, -0.15) is 0 Å². The van der Waals surface area contributed by atoms with Crippen LogP contribution in [-0.2, 0) is 14.3 Å². The highest BCUT2D eigenvalue weighted by Gasteiger charge is 2.48. The highest BCUT2D eigenvalue weighted by Crippen LogP contribution is 2.44. The predicted molar refractivity (Wildman–Crippen MR) is 138 cm³/mol. The van der Waals surface area contributed by atoms with Gasteiger partial charge in [0, 0.05) is 5.56 Å². The lowest BCUT2D eigenvalue weighted by atomic mass is 9.95. The molecule has 1 fully saturated rings. The van der Waals surface area contributed by atoms with Crippen LogP contribution in [0.4, 0.5) is 5.13 Å². The van der Waals surface area contributed by atoms with Gasteiger partial charge in [-0.25, -0.2) is 9.78 Å². The first-order chi connectivity index (χ1) is 17.8. The number of Topliss-reactive ketones (excluding diaryl/α,β-unsaturated/α-hetero) is 1. The van der Waals surface area contributed by atoms with Gasteiger partial charge < -0.3 is 19.3 Å². The number of methoxy groups -OCH3 is 2. The molecule has 2 heterocycles. The molecule has 0 bridgehead atoms. The summed E-state index contributed by atoms with van der Waals surface area (Å²) in [5, 5.41) is 11.5. The summed E-state index contributed by atoms with van der Waals surface area (Å²) >= 11 is 0.941. The minimum Gasteiger partial charge on any atom is -0.507 e. The minimum atomic E-state index is -0.998. The van der Waals surface area contributed by atoms with Gasteiger partial charge in [0.15, 0.2) is 5.13 Å². The Morgan fingerprint density at radius 1 is 1.11 bits per heavy atom. The number of benzene rings is 2. The summed E-state index contributed by atoms with van der Waals surface area (Å²) in [6.45, 7) is 4.09. The summed E-state index contributed by atoms with van der Waals surface area (Å²) in [4.78, 5) is 44.7. The second kappa shape index (κ2) is 10.8. The van der Waals surface area contributed by atoms with E-state index in [1.165, 1.54) is 19.1 Å². The van der Waals surface area contributed by atoms with Gasteiger partial charge in [-0.05, 0) is 43.2 Å². The van der Waals surface area contributed by atoms with Crippen LogP contribution in [0.25, 0.3) is 5.76 Å². The average molecular weight is 523 g/mol. The lowest BCUT2D eigenvalue weighted by Gasteiger charge is -2.23. The van der Waals surface area contributed by atoms with E-state index in [0.717, 1.165) is 17.8 Å². The Labute approximate surface area is 217 Å². The Kier molecular flexibility index (Phi) is 7.58. The highest BCUT2D eigenvalue weighted by molar-refractivity contribution is 7.17. The van der Waals surface area contributed by atoms with Crippen LogP contribution in [0.15, 0.2) is 54.1 Å². The van der Waals surface area contributed by atoms with E-state index < -0.39 is 23.7 Å². The molecule has 1 aromatic heterocycles. The summed E-state index contributed by atoms with van der Waals surface area (Å²) in [6, 6.07) is 12.5. The number of aliphatic hydroxyl groups excluding tert-OH is 1. The second-order valence-electron chi connectivity index (χ2n) is 8.22. The molecule has 0 aliphatic carbocycles. The molecule has 1 unspecified atom stereocenters. The third kappa shape index (κ3) is 4.92. The van der Waals surface area contributed by atoms with E-state index >= 15 is 0 Å². The van der Waals surface area contributed by atoms with Gasteiger partial charge >= 0.3 is 11.9 Å². The van der Waals surface area contributed by atoms with Gasteiger partial charge in [0.2, 0.25) is 0 Å². The summed E-state index contributed by atoms with van der Waals surface area (Å²) < 4.78 is 15.7. The van der Waals surface area contributed by atoms with Gasteiger partial charge in [0.05, 0.1) is 38.1 Å². The van der Waals surface area contributed by atoms with Crippen LogP contribution < -0.4 is 14.4 Å². The number of carbonyl (C=O) groups is 3. The number of nitrogens with zero attached hydrogens (tertiary/aromatic N) is 2. The summed E-state index contributed by atoms with van der Waals surface area (Å²) in [6.07, 6.45) is 0.805. The Morgan fingerprint density at radius 3 is 2.49 bits per heavy atom. The van der Waals surface area contributed by atoms with Crippen LogP contribution in [0.2, 0.25) is 0 Å². The van der Waals surface area contributed by atoms with Gasteiger partial charge in [-0.15, -0.1) is 0 Å². The van der Waals surface area contributed by atoms with Crippen LogP contribution in [0.1, 0.15) is 45.9 Å².